The van der Waals surface area contributed by atoms with Crippen molar-refractivity contribution in [3.63, 3.8) is 0 Å². The van der Waals surface area contributed by atoms with Crippen LogP contribution in [-0.2, 0) is 22.5 Å². The molecule has 2 heterocycles. The van der Waals surface area contributed by atoms with Crippen LogP contribution in [0.3, 0.4) is 0 Å². The number of imidazole rings is 1. The van der Waals surface area contributed by atoms with Crippen LogP contribution < -0.4 is 10.6 Å². The Balaban J connectivity index is 1.40. The van der Waals surface area contributed by atoms with Gasteiger partial charge in [0, 0.05) is 42.3 Å². The monoisotopic (exact) mass is 490 g/mol. The number of aryl methyl sites for hydroxylation is 2. The number of rotatable bonds is 12. The second-order valence-electron chi connectivity index (χ2n) is 8.14. The summed E-state index contributed by atoms with van der Waals surface area (Å²) in [5.74, 6) is 0.158. The molecule has 0 fully saturated rings. The highest BCUT2D eigenvalue weighted by Crippen LogP contribution is 2.21. The minimum atomic E-state index is -0.278. The zero-order valence-corrected chi connectivity index (χ0v) is 20.6. The molecule has 2 N–H and O–H groups in total. The smallest absolute Gasteiger partial charge is 0.258 e. The zero-order valence-electron chi connectivity index (χ0n) is 19.8. The van der Waals surface area contributed by atoms with E-state index in [0.717, 1.165) is 30.3 Å². The molecule has 0 aliphatic carbocycles. The number of aromatic nitrogens is 2. The lowest BCUT2D eigenvalue weighted by atomic mass is 10.1. The van der Waals surface area contributed by atoms with Crippen molar-refractivity contribution in [2.24, 2.45) is 0 Å². The lowest BCUT2D eigenvalue weighted by molar-refractivity contribution is -0.116. The Morgan fingerprint density at radius 2 is 1.91 bits per heavy atom. The SMILES string of the molecule is CCOCCCn1c(NC(=O)c2cccc(NC(=O)CCCc3cccs3)c2)nc2ccccc21. The highest BCUT2D eigenvalue weighted by molar-refractivity contribution is 7.09. The Morgan fingerprint density at radius 1 is 1.03 bits per heavy atom. The van der Waals surface area contributed by atoms with Crippen LogP contribution in [-0.4, -0.2) is 34.6 Å². The summed E-state index contributed by atoms with van der Waals surface area (Å²) in [5.41, 5.74) is 2.84. The van der Waals surface area contributed by atoms with Crippen molar-refractivity contribution < 1.29 is 14.3 Å². The van der Waals surface area contributed by atoms with E-state index in [2.05, 4.69) is 21.7 Å². The molecule has 0 unspecified atom stereocenters. The molecule has 0 radical (unpaired) electrons. The predicted octanol–water partition coefficient (Wildman–Crippen LogP) is 5.74. The molecule has 182 valence electrons. The largest absolute Gasteiger partial charge is 0.382 e. The summed E-state index contributed by atoms with van der Waals surface area (Å²) in [6.45, 7) is 3.97. The normalized spacial score (nSPS) is 11.0. The van der Waals surface area contributed by atoms with Gasteiger partial charge in [-0.25, -0.2) is 4.98 Å². The Hall–Kier alpha value is -3.49. The first-order valence-electron chi connectivity index (χ1n) is 11.9. The second-order valence-corrected chi connectivity index (χ2v) is 9.17. The van der Waals surface area contributed by atoms with Gasteiger partial charge in [-0.05, 0) is 68.0 Å². The third-order valence-electron chi connectivity index (χ3n) is 5.57. The van der Waals surface area contributed by atoms with Crippen LogP contribution >= 0.6 is 11.3 Å². The highest BCUT2D eigenvalue weighted by atomic mass is 32.1. The average molecular weight is 491 g/mol. The maximum absolute atomic E-state index is 13.1. The van der Waals surface area contributed by atoms with Gasteiger partial charge < -0.3 is 14.6 Å². The number of anilines is 2. The molecule has 4 rings (SSSR count). The standard InChI is InChI=1S/C27H30N4O3S/c1-2-34-17-8-16-31-24-14-4-3-13-23(24)29-27(31)30-26(33)20-9-5-10-21(19-20)28-25(32)15-6-11-22-12-7-18-35-22/h3-5,7,9-10,12-14,18-19H,2,6,8,11,15-17H2,1H3,(H,28,32)(H,29,30,33). The zero-order chi connectivity index (χ0) is 24.5. The van der Waals surface area contributed by atoms with Gasteiger partial charge in [-0.15, -0.1) is 11.3 Å². The lowest BCUT2D eigenvalue weighted by Crippen LogP contribution is -2.17. The van der Waals surface area contributed by atoms with Gasteiger partial charge in [0.15, 0.2) is 0 Å². The van der Waals surface area contributed by atoms with Crippen LogP contribution in [0.4, 0.5) is 11.6 Å². The number of para-hydroxylation sites is 2. The highest BCUT2D eigenvalue weighted by Gasteiger charge is 2.15. The first-order valence-corrected chi connectivity index (χ1v) is 12.8. The summed E-state index contributed by atoms with van der Waals surface area (Å²) in [6, 6.07) is 18.9. The van der Waals surface area contributed by atoms with Crippen molar-refractivity contribution in [2.45, 2.75) is 39.2 Å². The van der Waals surface area contributed by atoms with Crippen molar-refractivity contribution in [1.29, 1.82) is 0 Å². The van der Waals surface area contributed by atoms with Crippen molar-refractivity contribution >= 4 is 45.8 Å². The second kappa shape index (κ2) is 12.3. The maximum atomic E-state index is 13.1. The molecule has 4 aromatic rings. The van der Waals surface area contributed by atoms with Gasteiger partial charge in [-0.1, -0.05) is 24.3 Å². The first kappa shape index (κ1) is 24.6. The van der Waals surface area contributed by atoms with E-state index in [1.807, 2.05) is 47.2 Å². The molecule has 0 saturated heterocycles. The number of fused-ring (bicyclic) bond motifs is 1. The number of amides is 2. The summed E-state index contributed by atoms with van der Waals surface area (Å²) in [7, 11) is 0. The Morgan fingerprint density at radius 3 is 2.74 bits per heavy atom. The van der Waals surface area contributed by atoms with E-state index in [-0.39, 0.29) is 11.8 Å². The molecular weight excluding hydrogens is 460 g/mol. The van der Waals surface area contributed by atoms with E-state index in [0.29, 0.717) is 43.4 Å². The molecule has 35 heavy (non-hydrogen) atoms. The summed E-state index contributed by atoms with van der Waals surface area (Å²) in [6.07, 6.45) is 2.91. The van der Waals surface area contributed by atoms with Crippen molar-refractivity contribution in [3.8, 4) is 0 Å². The third-order valence-corrected chi connectivity index (χ3v) is 6.51. The molecule has 0 spiro atoms. The number of carbonyl (C=O) groups is 2. The molecular formula is C27H30N4O3S. The van der Waals surface area contributed by atoms with Crippen LogP contribution in [0.15, 0.2) is 66.0 Å². The number of ether oxygens (including phenoxy) is 1. The fourth-order valence-electron chi connectivity index (χ4n) is 3.88. The van der Waals surface area contributed by atoms with Crippen LogP contribution in [0.1, 0.15) is 41.4 Å². The fourth-order valence-corrected chi connectivity index (χ4v) is 4.63. The van der Waals surface area contributed by atoms with E-state index < -0.39 is 0 Å². The van der Waals surface area contributed by atoms with Gasteiger partial charge in [0.05, 0.1) is 11.0 Å². The van der Waals surface area contributed by atoms with Crippen LogP contribution in [0, 0.1) is 0 Å². The number of carbonyl (C=O) groups excluding carboxylic acids is 2. The van der Waals surface area contributed by atoms with Crippen molar-refractivity contribution in [2.75, 3.05) is 23.8 Å². The topological polar surface area (TPSA) is 85.2 Å². The molecule has 2 amide bonds. The Labute approximate surface area is 209 Å². The van der Waals surface area contributed by atoms with Gasteiger partial charge in [0.1, 0.15) is 0 Å². The van der Waals surface area contributed by atoms with E-state index in [9.17, 15) is 9.59 Å². The number of nitrogens with one attached hydrogen (secondary N) is 2. The molecule has 8 heteroatoms. The Kier molecular flexibility index (Phi) is 8.64. The van der Waals surface area contributed by atoms with Gasteiger partial charge in [-0.2, -0.15) is 0 Å². The van der Waals surface area contributed by atoms with Gasteiger partial charge in [0.25, 0.3) is 5.91 Å². The molecule has 0 saturated carbocycles. The van der Waals surface area contributed by atoms with Crippen LogP contribution in [0.5, 0.6) is 0 Å². The van der Waals surface area contributed by atoms with E-state index in [1.165, 1.54) is 4.88 Å². The summed E-state index contributed by atoms with van der Waals surface area (Å²) >= 11 is 1.70. The molecule has 7 nitrogen and oxygen atoms in total. The van der Waals surface area contributed by atoms with Gasteiger partial charge in [-0.3, -0.25) is 14.9 Å². The number of hydrogen-bond acceptors (Lipinski definition) is 5. The van der Waals surface area contributed by atoms with E-state index in [1.54, 1.807) is 35.6 Å². The van der Waals surface area contributed by atoms with E-state index >= 15 is 0 Å². The maximum Gasteiger partial charge on any atom is 0.258 e. The molecule has 0 aliphatic rings. The molecule has 2 aromatic carbocycles. The Bertz CT molecular complexity index is 1270. The lowest BCUT2D eigenvalue weighted by Gasteiger charge is -2.11. The summed E-state index contributed by atoms with van der Waals surface area (Å²) in [5, 5.41) is 7.90. The molecule has 0 aliphatic heterocycles. The van der Waals surface area contributed by atoms with Crippen LogP contribution in [0.2, 0.25) is 0 Å². The predicted molar refractivity (Wildman–Crippen MR) is 141 cm³/mol. The molecule has 2 aromatic heterocycles. The number of thiophene rings is 1. The first-order chi connectivity index (χ1) is 17.1. The van der Waals surface area contributed by atoms with Crippen LogP contribution in [0.25, 0.3) is 11.0 Å². The summed E-state index contributed by atoms with van der Waals surface area (Å²) < 4.78 is 7.47. The van der Waals surface area contributed by atoms with E-state index in [4.69, 9.17) is 4.74 Å². The third kappa shape index (κ3) is 6.77. The average Bonchev–Trinajstić information content (AvgIpc) is 3.50. The number of hydrogen-bond donors (Lipinski definition) is 2. The number of nitrogens with zero attached hydrogens (tertiary/aromatic N) is 2. The van der Waals surface area contributed by atoms with Gasteiger partial charge >= 0.3 is 0 Å². The van der Waals surface area contributed by atoms with Crippen molar-refractivity contribution in [1.82, 2.24) is 9.55 Å². The van der Waals surface area contributed by atoms with Crippen molar-refractivity contribution in [3.05, 3.63) is 76.5 Å². The van der Waals surface area contributed by atoms with Gasteiger partial charge in [0.2, 0.25) is 11.9 Å². The summed E-state index contributed by atoms with van der Waals surface area (Å²) in [4.78, 5) is 31.3. The molecule has 0 atom stereocenters. The minimum Gasteiger partial charge on any atom is -0.382 e. The number of benzene rings is 2. The fraction of sp³-hybridized carbons (Fsp3) is 0.296. The minimum absolute atomic E-state index is 0.0600. The quantitative estimate of drug-likeness (QED) is 0.248. The molecule has 0 bridgehead atoms.